The van der Waals surface area contributed by atoms with Crippen LogP contribution in [-0.2, 0) is 34.0 Å². The van der Waals surface area contributed by atoms with Crippen LogP contribution in [0.3, 0.4) is 0 Å². The quantitative estimate of drug-likeness (QED) is 0.273. The molecule has 2 atom stereocenters. The van der Waals surface area contributed by atoms with E-state index in [-0.39, 0.29) is 58.7 Å². The molecule has 0 aliphatic rings. The first-order valence-electron chi connectivity index (χ1n) is 10.9. The Morgan fingerprint density at radius 1 is 0.939 bits per heavy atom. The van der Waals surface area contributed by atoms with E-state index >= 15 is 0 Å². The molecular formula is C22H44NNaO8S. The van der Waals surface area contributed by atoms with E-state index in [1.54, 1.807) is 6.92 Å². The molecule has 33 heavy (non-hydrogen) atoms. The Morgan fingerprint density at radius 3 is 1.61 bits per heavy atom. The first kappa shape index (κ1) is 39.5. The average molecular weight is 506 g/mol. The van der Waals surface area contributed by atoms with Crippen molar-refractivity contribution in [1.82, 2.24) is 5.32 Å². The molecule has 0 heterocycles. The first-order valence-corrected chi connectivity index (χ1v) is 12.3. The van der Waals surface area contributed by atoms with Crippen LogP contribution in [0.1, 0.15) is 88.5 Å². The van der Waals surface area contributed by atoms with Gasteiger partial charge in [0.05, 0.1) is 25.0 Å². The van der Waals surface area contributed by atoms with Crippen molar-refractivity contribution >= 4 is 28.0 Å². The van der Waals surface area contributed by atoms with Gasteiger partial charge in [0.1, 0.15) is 15.0 Å². The summed E-state index contributed by atoms with van der Waals surface area (Å²) in [4.78, 5) is 31.2. The van der Waals surface area contributed by atoms with Crippen molar-refractivity contribution in [3.63, 3.8) is 0 Å². The molecule has 0 aliphatic carbocycles. The Bertz CT molecular complexity index is 678. The van der Waals surface area contributed by atoms with Crippen molar-refractivity contribution in [3.05, 3.63) is 0 Å². The Balaban J connectivity index is -0.000000196. The number of esters is 2. The van der Waals surface area contributed by atoms with Crippen LogP contribution in [0.25, 0.3) is 0 Å². The molecule has 0 bridgehead atoms. The molecule has 0 saturated heterocycles. The van der Waals surface area contributed by atoms with Gasteiger partial charge in [0.15, 0.2) is 0 Å². The van der Waals surface area contributed by atoms with Crippen molar-refractivity contribution in [3.8, 4) is 0 Å². The van der Waals surface area contributed by atoms with Gasteiger partial charge in [-0.05, 0) is 53.9 Å². The minimum atomic E-state index is -4.52. The smallest absolute Gasteiger partial charge is 0.746 e. The molecular weight excluding hydrogens is 461 g/mol. The van der Waals surface area contributed by atoms with Crippen LogP contribution in [0.2, 0.25) is 0 Å². The zero-order chi connectivity index (χ0) is 26.3. The van der Waals surface area contributed by atoms with E-state index in [4.69, 9.17) is 4.74 Å². The summed E-state index contributed by atoms with van der Waals surface area (Å²) in [5, 5.41) is 2.21. The van der Waals surface area contributed by atoms with E-state index < -0.39 is 20.9 Å². The maximum absolute atomic E-state index is 11.3. The van der Waals surface area contributed by atoms with Gasteiger partial charge in [0, 0.05) is 5.92 Å². The second-order valence-corrected chi connectivity index (χ2v) is 10.5. The topological polar surface area (TPSA) is 139 Å². The van der Waals surface area contributed by atoms with Crippen molar-refractivity contribution in [2.45, 2.75) is 93.4 Å². The van der Waals surface area contributed by atoms with Gasteiger partial charge in [-0.25, -0.2) is 8.42 Å². The molecule has 2 unspecified atom stereocenters. The fraction of sp³-hybridized carbons (Fsp3) is 0.864. The zero-order valence-electron chi connectivity index (χ0n) is 22.7. The minimum Gasteiger partial charge on any atom is -0.746 e. The molecule has 1 N–H and O–H groups in total. The Morgan fingerprint density at radius 2 is 1.36 bits per heavy atom. The number of rotatable bonds is 9. The van der Waals surface area contributed by atoms with Crippen LogP contribution in [0.4, 0.5) is 0 Å². The van der Waals surface area contributed by atoms with Gasteiger partial charge < -0.3 is 19.3 Å². The SMILES string of the molecule is CCC(C)(C)C(=O)OC.CCC(C)C(=O)NC(C)(C)S(=O)(=O)[O-].CCOC(=O)C(C)CC.[Na+]. The predicted molar refractivity (Wildman–Crippen MR) is 124 cm³/mol. The van der Waals surface area contributed by atoms with Gasteiger partial charge >= 0.3 is 41.5 Å². The summed E-state index contributed by atoms with van der Waals surface area (Å²) in [5.41, 5.74) is -0.311. The van der Waals surface area contributed by atoms with Gasteiger partial charge in [0.2, 0.25) is 5.91 Å². The molecule has 11 heteroatoms. The summed E-state index contributed by atoms with van der Waals surface area (Å²) in [6.07, 6.45) is 2.28. The molecule has 0 spiro atoms. The molecule has 0 radical (unpaired) electrons. The van der Waals surface area contributed by atoms with Crippen molar-refractivity contribution < 1.29 is 66.4 Å². The fourth-order valence-corrected chi connectivity index (χ4v) is 1.77. The maximum Gasteiger partial charge on any atom is 1.00 e. The van der Waals surface area contributed by atoms with E-state index in [2.05, 4.69) is 10.1 Å². The summed E-state index contributed by atoms with van der Waals surface area (Å²) < 4.78 is 41.5. The number of nitrogens with one attached hydrogen (secondary N) is 1. The molecule has 9 nitrogen and oxygen atoms in total. The van der Waals surface area contributed by atoms with E-state index in [1.165, 1.54) is 21.0 Å². The number of methoxy groups -OCH3 is 1. The summed E-state index contributed by atoms with van der Waals surface area (Å²) in [6.45, 7) is 17.7. The molecule has 1 amide bonds. The van der Waals surface area contributed by atoms with Crippen LogP contribution in [0, 0.1) is 17.3 Å². The number of amides is 1. The summed E-state index contributed by atoms with van der Waals surface area (Å²) in [7, 11) is -3.10. The molecule has 0 fully saturated rings. The predicted octanol–water partition coefficient (Wildman–Crippen LogP) is 0.625. The van der Waals surface area contributed by atoms with E-state index in [1.807, 2.05) is 48.5 Å². The summed E-state index contributed by atoms with van der Waals surface area (Å²) in [6, 6.07) is 0. The molecule has 192 valence electrons. The third-order valence-corrected chi connectivity index (χ3v) is 6.38. The van der Waals surface area contributed by atoms with Crippen LogP contribution in [0.15, 0.2) is 0 Å². The fourth-order valence-electron chi connectivity index (χ4n) is 1.54. The maximum atomic E-state index is 11.3. The Hall–Kier alpha value is -0.680. The molecule has 0 aromatic carbocycles. The second-order valence-electron chi connectivity index (χ2n) is 8.55. The third kappa shape index (κ3) is 17.4. The summed E-state index contributed by atoms with van der Waals surface area (Å²) in [5.74, 6) is -0.872. The summed E-state index contributed by atoms with van der Waals surface area (Å²) >= 11 is 0. The Kier molecular flexibility index (Phi) is 22.3. The number of hydrogen-bond acceptors (Lipinski definition) is 8. The van der Waals surface area contributed by atoms with Gasteiger partial charge in [-0.3, -0.25) is 14.4 Å². The van der Waals surface area contributed by atoms with Gasteiger partial charge in [-0.15, -0.1) is 0 Å². The molecule has 0 aromatic rings. The van der Waals surface area contributed by atoms with Crippen LogP contribution in [0.5, 0.6) is 0 Å². The van der Waals surface area contributed by atoms with Crippen molar-refractivity contribution in [2.75, 3.05) is 13.7 Å². The average Bonchev–Trinajstić information content (AvgIpc) is 2.71. The molecule has 0 aliphatic heterocycles. The molecule has 0 aromatic heterocycles. The zero-order valence-corrected chi connectivity index (χ0v) is 25.5. The monoisotopic (exact) mass is 505 g/mol. The van der Waals surface area contributed by atoms with Crippen LogP contribution < -0.4 is 34.9 Å². The van der Waals surface area contributed by atoms with Crippen molar-refractivity contribution in [1.29, 1.82) is 0 Å². The molecule has 0 saturated carbocycles. The van der Waals surface area contributed by atoms with E-state index in [0.717, 1.165) is 12.8 Å². The minimum absolute atomic E-state index is 0. The number of carbonyl (C=O) groups excluding carboxylic acids is 3. The van der Waals surface area contributed by atoms with Crippen LogP contribution in [-0.4, -0.2) is 49.4 Å². The van der Waals surface area contributed by atoms with Gasteiger partial charge in [-0.2, -0.15) is 0 Å². The van der Waals surface area contributed by atoms with Crippen molar-refractivity contribution in [2.24, 2.45) is 17.3 Å². The normalized spacial score (nSPS) is 12.8. The van der Waals surface area contributed by atoms with Gasteiger partial charge in [0.25, 0.3) is 0 Å². The largest absolute Gasteiger partial charge is 1.00 e. The standard InChI is InChI=1S/C8H17NO4S.2C7H14O2.Na/c1-5-6(2)7(10)9-8(3,4)14(11,12)13;1-5-7(2,3)6(8)9-4;1-4-6(3)7(8)9-5-2;/h6H,5H2,1-4H3,(H,9,10)(H,11,12,13);5H2,1-4H3;6H,4-5H2,1-3H3;/q;;;+1/p-1. The molecule has 0 rings (SSSR count). The number of hydrogen-bond donors (Lipinski definition) is 1. The Labute approximate surface area is 223 Å². The number of carbonyl (C=O) groups is 3. The van der Waals surface area contributed by atoms with E-state index in [9.17, 15) is 27.4 Å². The van der Waals surface area contributed by atoms with E-state index in [0.29, 0.717) is 13.0 Å². The third-order valence-electron chi connectivity index (χ3n) is 5.03. The second kappa shape index (κ2) is 18.6. The van der Waals surface area contributed by atoms with Gasteiger partial charge in [-0.1, -0.05) is 34.6 Å². The number of ether oxygens (including phenoxy) is 2. The first-order chi connectivity index (χ1) is 14.4. The van der Waals surface area contributed by atoms with Crippen LogP contribution >= 0.6 is 0 Å².